The van der Waals surface area contributed by atoms with E-state index < -0.39 is 0 Å². The second-order valence-electron chi connectivity index (χ2n) is 6.72. The van der Waals surface area contributed by atoms with Crippen LogP contribution in [0.15, 0.2) is 54.6 Å². The minimum absolute atomic E-state index is 0.623. The van der Waals surface area contributed by atoms with Crippen molar-refractivity contribution in [1.29, 1.82) is 0 Å². The first-order valence-electron chi connectivity index (χ1n) is 8.96. The third-order valence-electron chi connectivity index (χ3n) is 4.67. The van der Waals surface area contributed by atoms with Gasteiger partial charge in [0.05, 0.1) is 0 Å². The molecule has 2 aromatic rings. The smallest absolute Gasteiger partial charge is 0.119 e. The maximum atomic E-state index is 5.86. The Kier molecular flexibility index (Phi) is 6.27. The van der Waals surface area contributed by atoms with E-state index in [1.54, 1.807) is 0 Å². The van der Waals surface area contributed by atoms with Gasteiger partial charge in [0.2, 0.25) is 0 Å². The van der Waals surface area contributed by atoms with Crippen molar-refractivity contribution in [2.75, 3.05) is 26.7 Å². The molecule has 1 heterocycles. The van der Waals surface area contributed by atoms with E-state index in [1.165, 1.54) is 37.1 Å². The van der Waals surface area contributed by atoms with Crippen LogP contribution in [-0.4, -0.2) is 31.6 Å². The number of rotatable bonds is 7. The molecule has 1 atom stereocenters. The Morgan fingerprint density at radius 1 is 1.04 bits per heavy atom. The van der Waals surface area contributed by atoms with Gasteiger partial charge in [-0.3, -0.25) is 4.90 Å². The number of ether oxygens (including phenoxy) is 1. The second-order valence-corrected chi connectivity index (χ2v) is 6.72. The van der Waals surface area contributed by atoms with Crippen LogP contribution in [0, 0.1) is 5.92 Å². The molecule has 1 aliphatic rings. The van der Waals surface area contributed by atoms with Crippen molar-refractivity contribution < 1.29 is 4.74 Å². The lowest BCUT2D eigenvalue weighted by Crippen LogP contribution is -2.38. The van der Waals surface area contributed by atoms with E-state index in [1.807, 2.05) is 25.2 Å². The van der Waals surface area contributed by atoms with Crippen LogP contribution in [0.5, 0.6) is 5.75 Å². The van der Waals surface area contributed by atoms with Crippen LogP contribution in [0.3, 0.4) is 0 Å². The van der Waals surface area contributed by atoms with Gasteiger partial charge in [0.25, 0.3) is 0 Å². The largest absolute Gasteiger partial charge is 0.489 e. The summed E-state index contributed by atoms with van der Waals surface area (Å²) in [6.07, 6.45) is 2.66. The predicted octanol–water partition coefficient (Wildman–Crippen LogP) is 3.70. The predicted molar refractivity (Wildman–Crippen MR) is 99.1 cm³/mol. The highest BCUT2D eigenvalue weighted by atomic mass is 16.5. The van der Waals surface area contributed by atoms with Crippen LogP contribution in [-0.2, 0) is 13.2 Å². The topological polar surface area (TPSA) is 24.5 Å². The van der Waals surface area contributed by atoms with E-state index in [2.05, 4.69) is 46.6 Å². The summed E-state index contributed by atoms with van der Waals surface area (Å²) in [5.41, 5.74) is 2.57. The lowest BCUT2D eigenvalue weighted by atomic mass is 9.97. The van der Waals surface area contributed by atoms with Crippen LogP contribution < -0.4 is 10.1 Å². The van der Waals surface area contributed by atoms with Gasteiger partial charge in [-0.1, -0.05) is 42.5 Å². The van der Waals surface area contributed by atoms with Gasteiger partial charge in [-0.05, 0) is 62.2 Å². The van der Waals surface area contributed by atoms with Crippen LogP contribution >= 0.6 is 0 Å². The summed E-state index contributed by atoms with van der Waals surface area (Å²) in [4.78, 5) is 2.57. The SMILES string of the molecule is CNCC1CCCN(Cc2ccc(OCc3ccccc3)cc2)C1. The van der Waals surface area contributed by atoms with Crippen molar-refractivity contribution in [2.45, 2.75) is 26.0 Å². The summed E-state index contributed by atoms with van der Waals surface area (Å²) in [7, 11) is 2.05. The Labute approximate surface area is 145 Å². The molecule has 0 saturated carbocycles. The zero-order chi connectivity index (χ0) is 16.6. The highest BCUT2D eigenvalue weighted by molar-refractivity contribution is 5.27. The average Bonchev–Trinajstić information content (AvgIpc) is 2.63. The Morgan fingerprint density at radius 3 is 2.58 bits per heavy atom. The lowest BCUT2D eigenvalue weighted by molar-refractivity contribution is 0.167. The first kappa shape index (κ1) is 17.0. The van der Waals surface area contributed by atoms with E-state index >= 15 is 0 Å². The number of benzene rings is 2. The van der Waals surface area contributed by atoms with Gasteiger partial charge >= 0.3 is 0 Å². The lowest BCUT2D eigenvalue weighted by Gasteiger charge is -2.32. The summed E-state index contributed by atoms with van der Waals surface area (Å²) in [5.74, 6) is 1.73. The molecule has 24 heavy (non-hydrogen) atoms. The monoisotopic (exact) mass is 324 g/mol. The Bertz CT molecular complexity index is 595. The van der Waals surface area contributed by atoms with Crippen molar-refractivity contribution in [1.82, 2.24) is 10.2 Å². The molecule has 0 spiro atoms. The molecule has 0 amide bonds. The molecule has 1 fully saturated rings. The molecule has 128 valence electrons. The van der Waals surface area contributed by atoms with Gasteiger partial charge in [-0.25, -0.2) is 0 Å². The number of likely N-dealkylation sites (tertiary alicyclic amines) is 1. The third-order valence-corrected chi connectivity index (χ3v) is 4.67. The van der Waals surface area contributed by atoms with Crippen molar-refractivity contribution >= 4 is 0 Å². The fourth-order valence-electron chi connectivity index (χ4n) is 3.44. The molecule has 0 aliphatic carbocycles. The summed E-state index contributed by atoms with van der Waals surface area (Å²) in [6.45, 7) is 5.21. The van der Waals surface area contributed by atoms with E-state index in [4.69, 9.17) is 4.74 Å². The second kappa shape index (κ2) is 8.86. The summed E-state index contributed by atoms with van der Waals surface area (Å²) in [5, 5.41) is 3.31. The molecule has 1 saturated heterocycles. The summed E-state index contributed by atoms with van der Waals surface area (Å²) in [6, 6.07) is 18.9. The van der Waals surface area contributed by atoms with Gasteiger partial charge in [0, 0.05) is 13.1 Å². The molecule has 1 unspecified atom stereocenters. The standard InChI is InChI=1S/C21H28N2O/c1-22-14-20-8-5-13-23(16-20)15-18-9-11-21(12-10-18)24-17-19-6-3-2-4-7-19/h2-4,6-7,9-12,20,22H,5,8,13-17H2,1H3. The van der Waals surface area contributed by atoms with E-state index in [-0.39, 0.29) is 0 Å². The first-order valence-corrected chi connectivity index (χ1v) is 8.96. The average molecular weight is 324 g/mol. The molecule has 3 heteroatoms. The highest BCUT2D eigenvalue weighted by Crippen LogP contribution is 2.20. The van der Waals surface area contributed by atoms with Gasteiger partial charge in [-0.15, -0.1) is 0 Å². The summed E-state index contributed by atoms with van der Waals surface area (Å²) >= 11 is 0. The minimum Gasteiger partial charge on any atom is -0.489 e. The maximum Gasteiger partial charge on any atom is 0.119 e. The van der Waals surface area contributed by atoms with Gasteiger partial charge in [0.1, 0.15) is 12.4 Å². The van der Waals surface area contributed by atoms with E-state index in [0.29, 0.717) is 6.61 Å². The molecule has 0 aromatic heterocycles. The van der Waals surface area contributed by atoms with E-state index in [9.17, 15) is 0 Å². The number of piperidine rings is 1. The summed E-state index contributed by atoms with van der Waals surface area (Å²) < 4.78 is 5.86. The molecule has 3 rings (SSSR count). The van der Waals surface area contributed by atoms with Gasteiger partial charge in [0.15, 0.2) is 0 Å². The zero-order valence-electron chi connectivity index (χ0n) is 14.6. The minimum atomic E-state index is 0.623. The van der Waals surface area contributed by atoms with Gasteiger partial charge < -0.3 is 10.1 Å². The first-order chi connectivity index (χ1) is 11.8. The third kappa shape index (κ3) is 5.08. The van der Waals surface area contributed by atoms with Crippen molar-refractivity contribution in [3.8, 4) is 5.75 Å². The Morgan fingerprint density at radius 2 is 1.83 bits per heavy atom. The number of hydrogen-bond acceptors (Lipinski definition) is 3. The molecular formula is C21H28N2O. The molecule has 3 nitrogen and oxygen atoms in total. The number of hydrogen-bond donors (Lipinski definition) is 1. The molecule has 1 aliphatic heterocycles. The van der Waals surface area contributed by atoms with Crippen molar-refractivity contribution in [3.05, 3.63) is 65.7 Å². The fraction of sp³-hybridized carbons (Fsp3) is 0.429. The van der Waals surface area contributed by atoms with Crippen molar-refractivity contribution in [2.24, 2.45) is 5.92 Å². The Hall–Kier alpha value is -1.84. The normalized spacial score (nSPS) is 18.5. The van der Waals surface area contributed by atoms with Crippen LogP contribution in [0.4, 0.5) is 0 Å². The molecule has 2 aromatic carbocycles. The van der Waals surface area contributed by atoms with Crippen LogP contribution in [0.1, 0.15) is 24.0 Å². The van der Waals surface area contributed by atoms with Crippen LogP contribution in [0.25, 0.3) is 0 Å². The van der Waals surface area contributed by atoms with Crippen molar-refractivity contribution in [3.63, 3.8) is 0 Å². The molecule has 0 radical (unpaired) electrons. The molecule has 0 bridgehead atoms. The Balaban J connectivity index is 1.49. The number of nitrogens with zero attached hydrogens (tertiary/aromatic N) is 1. The fourth-order valence-corrected chi connectivity index (χ4v) is 3.44. The van der Waals surface area contributed by atoms with E-state index in [0.717, 1.165) is 24.8 Å². The highest BCUT2D eigenvalue weighted by Gasteiger charge is 2.19. The van der Waals surface area contributed by atoms with Crippen LogP contribution in [0.2, 0.25) is 0 Å². The molecular weight excluding hydrogens is 296 g/mol. The quantitative estimate of drug-likeness (QED) is 0.840. The zero-order valence-corrected chi connectivity index (χ0v) is 14.6. The maximum absolute atomic E-state index is 5.86. The number of nitrogens with one attached hydrogen (secondary N) is 1. The molecule has 1 N–H and O–H groups in total. The van der Waals surface area contributed by atoms with Gasteiger partial charge in [-0.2, -0.15) is 0 Å².